The van der Waals surface area contributed by atoms with Gasteiger partial charge in [-0.25, -0.2) is 4.79 Å². The van der Waals surface area contributed by atoms with E-state index in [4.69, 9.17) is 15.2 Å². The molecule has 2 aromatic rings. The Morgan fingerprint density at radius 1 is 1.11 bits per heavy atom. The van der Waals surface area contributed by atoms with Gasteiger partial charge >= 0.3 is 6.03 Å². The van der Waals surface area contributed by atoms with E-state index in [-0.39, 0.29) is 11.9 Å². The van der Waals surface area contributed by atoms with Gasteiger partial charge in [0.25, 0.3) is 5.91 Å². The molecule has 0 aliphatic carbocycles. The van der Waals surface area contributed by atoms with Crippen molar-refractivity contribution in [1.82, 2.24) is 10.2 Å². The Morgan fingerprint density at radius 3 is 2.46 bits per heavy atom. The minimum atomic E-state index is -0.574. The molecule has 148 valence electrons. The first-order valence-corrected chi connectivity index (χ1v) is 9.18. The van der Waals surface area contributed by atoms with Crippen LogP contribution in [0.15, 0.2) is 42.5 Å². The number of amides is 3. The van der Waals surface area contributed by atoms with Crippen molar-refractivity contribution in [3.63, 3.8) is 0 Å². The minimum Gasteiger partial charge on any atom is -0.493 e. The van der Waals surface area contributed by atoms with E-state index in [1.807, 2.05) is 35.2 Å². The molecule has 1 aliphatic heterocycles. The van der Waals surface area contributed by atoms with Gasteiger partial charge in [-0.05, 0) is 48.2 Å². The van der Waals surface area contributed by atoms with Crippen molar-refractivity contribution in [2.45, 2.75) is 25.4 Å². The van der Waals surface area contributed by atoms with Crippen molar-refractivity contribution < 1.29 is 19.1 Å². The summed E-state index contributed by atoms with van der Waals surface area (Å²) in [6.07, 6.45) is 1.85. The molecule has 0 spiro atoms. The van der Waals surface area contributed by atoms with Crippen LogP contribution in [-0.4, -0.2) is 37.6 Å². The van der Waals surface area contributed by atoms with Gasteiger partial charge in [0, 0.05) is 18.7 Å². The second-order valence-corrected chi connectivity index (χ2v) is 6.69. The zero-order valence-corrected chi connectivity index (χ0v) is 16.1. The fourth-order valence-corrected chi connectivity index (χ4v) is 3.54. The summed E-state index contributed by atoms with van der Waals surface area (Å²) >= 11 is 0. The lowest BCUT2D eigenvalue weighted by molar-refractivity contribution is 0.0735. The van der Waals surface area contributed by atoms with Crippen LogP contribution in [-0.2, 0) is 6.54 Å². The molecular formula is C21H25N3O4. The van der Waals surface area contributed by atoms with E-state index in [9.17, 15) is 9.59 Å². The van der Waals surface area contributed by atoms with E-state index >= 15 is 0 Å². The van der Waals surface area contributed by atoms with E-state index < -0.39 is 6.03 Å². The molecule has 1 heterocycles. The highest BCUT2D eigenvalue weighted by Gasteiger charge is 2.31. The maximum atomic E-state index is 13.1. The van der Waals surface area contributed by atoms with Gasteiger partial charge in [-0.15, -0.1) is 0 Å². The van der Waals surface area contributed by atoms with Crippen molar-refractivity contribution in [1.29, 1.82) is 0 Å². The molecule has 0 radical (unpaired) electrons. The number of hydrogen-bond acceptors (Lipinski definition) is 4. The average Bonchev–Trinajstić information content (AvgIpc) is 3.21. The molecule has 7 heteroatoms. The summed E-state index contributed by atoms with van der Waals surface area (Å²) in [5.74, 6) is 1.32. The third-order valence-corrected chi connectivity index (χ3v) is 4.97. The topological polar surface area (TPSA) is 93.9 Å². The van der Waals surface area contributed by atoms with Crippen LogP contribution in [0.3, 0.4) is 0 Å². The first-order chi connectivity index (χ1) is 13.5. The van der Waals surface area contributed by atoms with Crippen LogP contribution in [0.1, 0.15) is 40.4 Å². The Morgan fingerprint density at radius 2 is 1.82 bits per heavy atom. The molecule has 1 saturated heterocycles. The molecule has 1 aliphatic rings. The van der Waals surface area contributed by atoms with Crippen LogP contribution in [0.4, 0.5) is 4.79 Å². The standard InChI is InChI=1S/C21H25N3O4/c1-27-18-10-9-16(12-19(18)28-2)17-4-3-11-24(17)20(25)15-7-5-14(6-8-15)13-23-21(22)26/h5-10,12,17H,3-4,11,13H2,1-2H3,(H3,22,23,26). The van der Waals surface area contributed by atoms with Crippen LogP contribution in [0, 0.1) is 0 Å². The number of ether oxygens (including phenoxy) is 2. The summed E-state index contributed by atoms with van der Waals surface area (Å²) in [4.78, 5) is 25.8. The molecule has 3 N–H and O–H groups in total. The molecule has 1 fully saturated rings. The lowest BCUT2D eigenvalue weighted by Crippen LogP contribution is -2.30. The number of likely N-dealkylation sites (tertiary alicyclic amines) is 1. The van der Waals surface area contributed by atoms with Crippen molar-refractivity contribution in [3.05, 3.63) is 59.2 Å². The monoisotopic (exact) mass is 383 g/mol. The highest BCUT2D eigenvalue weighted by molar-refractivity contribution is 5.94. The van der Waals surface area contributed by atoms with Crippen LogP contribution < -0.4 is 20.5 Å². The lowest BCUT2D eigenvalue weighted by Gasteiger charge is -2.26. The molecule has 7 nitrogen and oxygen atoms in total. The molecule has 0 bridgehead atoms. The van der Waals surface area contributed by atoms with Gasteiger partial charge in [0.15, 0.2) is 11.5 Å². The lowest BCUT2D eigenvalue weighted by atomic mass is 10.0. The molecule has 28 heavy (non-hydrogen) atoms. The first-order valence-electron chi connectivity index (χ1n) is 9.18. The number of methoxy groups -OCH3 is 2. The quantitative estimate of drug-likeness (QED) is 0.802. The van der Waals surface area contributed by atoms with Gasteiger partial charge in [-0.3, -0.25) is 4.79 Å². The summed E-state index contributed by atoms with van der Waals surface area (Å²) in [7, 11) is 3.21. The van der Waals surface area contributed by atoms with E-state index in [0.29, 0.717) is 30.2 Å². The number of nitrogens with two attached hydrogens (primary N) is 1. The smallest absolute Gasteiger partial charge is 0.312 e. The number of primary amides is 1. The summed E-state index contributed by atoms with van der Waals surface area (Å²) in [5, 5.41) is 2.54. The minimum absolute atomic E-state index is 0.00325. The second-order valence-electron chi connectivity index (χ2n) is 6.69. The molecule has 0 aromatic heterocycles. The van der Waals surface area contributed by atoms with Crippen molar-refractivity contribution >= 4 is 11.9 Å². The molecular weight excluding hydrogens is 358 g/mol. The maximum absolute atomic E-state index is 13.1. The Labute approximate surface area is 164 Å². The summed E-state index contributed by atoms with van der Waals surface area (Å²) < 4.78 is 10.7. The van der Waals surface area contributed by atoms with Crippen LogP contribution in [0.25, 0.3) is 0 Å². The maximum Gasteiger partial charge on any atom is 0.312 e. The highest BCUT2D eigenvalue weighted by Crippen LogP contribution is 2.37. The Bertz CT molecular complexity index is 851. The fraction of sp³-hybridized carbons (Fsp3) is 0.333. The SMILES string of the molecule is COc1ccc(C2CCCN2C(=O)c2ccc(CNC(N)=O)cc2)cc1OC. The normalized spacial score (nSPS) is 15.9. The number of rotatable bonds is 6. The number of benzene rings is 2. The molecule has 1 atom stereocenters. The number of nitrogens with zero attached hydrogens (tertiary/aromatic N) is 1. The van der Waals surface area contributed by atoms with Gasteiger partial charge in [-0.1, -0.05) is 18.2 Å². The Balaban J connectivity index is 1.77. The fourth-order valence-electron chi connectivity index (χ4n) is 3.54. The van der Waals surface area contributed by atoms with Gasteiger partial charge in [0.05, 0.1) is 20.3 Å². The molecule has 0 saturated carbocycles. The molecule has 1 unspecified atom stereocenters. The number of urea groups is 1. The number of carbonyl (C=O) groups is 2. The third-order valence-electron chi connectivity index (χ3n) is 4.97. The zero-order chi connectivity index (χ0) is 20.1. The van der Waals surface area contributed by atoms with Crippen LogP contribution >= 0.6 is 0 Å². The van der Waals surface area contributed by atoms with Gasteiger partial charge in [-0.2, -0.15) is 0 Å². The van der Waals surface area contributed by atoms with E-state index in [0.717, 1.165) is 24.0 Å². The van der Waals surface area contributed by atoms with Crippen molar-refractivity contribution in [2.24, 2.45) is 5.73 Å². The summed E-state index contributed by atoms with van der Waals surface area (Å²) in [6.45, 7) is 1.05. The predicted molar refractivity (Wildman–Crippen MR) is 105 cm³/mol. The summed E-state index contributed by atoms with van der Waals surface area (Å²) in [6, 6.07) is 12.4. The summed E-state index contributed by atoms with van der Waals surface area (Å²) in [5.41, 5.74) is 7.62. The Hall–Kier alpha value is -3.22. The second kappa shape index (κ2) is 8.65. The first kappa shape index (κ1) is 19.5. The largest absolute Gasteiger partial charge is 0.493 e. The number of hydrogen-bond donors (Lipinski definition) is 2. The third kappa shape index (κ3) is 4.19. The van der Waals surface area contributed by atoms with E-state index in [1.54, 1.807) is 26.4 Å². The van der Waals surface area contributed by atoms with Crippen molar-refractivity contribution in [3.8, 4) is 11.5 Å². The molecule has 2 aromatic carbocycles. The van der Waals surface area contributed by atoms with Gasteiger partial charge in [0.2, 0.25) is 0 Å². The predicted octanol–water partition coefficient (Wildman–Crippen LogP) is 2.85. The van der Waals surface area contributed by atoms with Crippen LogP contribution in [0.5, 0.6) is 11.5 Å². The van der Waals surface area contributed by atoms with Gasteiger partial charge < -0.3 is 25.4 Å². The molecule has 3 amide bonds. The molecule has 3 rings (SSSR count). The van der Waals surface area contributed by atoms with E-state index in [1.165, 1.54) is 0 Å². The van der Waals surface area contributed by atoms with E-state index in [2.05, 4.69) is 5.32 Å². The van der Waals surface area contributed by atoms with Crippen LogP contribution in [0.2, 0.25) is 0 Å². The number of carbonyl (C=O) groups excluding carboxylic acids is 2. The van der Waals surface area contributed by atoms with Gasteiger partial charge in [0.1, 0.15) is 0 Å². The zero-order valence-electron chi connectivity index (χ0n) is 16.1. The highest BCUT2D eigenvalue weighted by atomic mass is 16.5. The average molecular weight is 383 g/mol. The number of nitrogens with one attached hydrogen (secondary N) is 1. The van der Waals surface area contributed by atoms with Crippen molar-refractivity contribution in [2.75, 3.05) is 20.8 Å². The Kier molecular flexibility index (Phi) is 6.03.